The third-order valence-corrected chi connectivity index (χ3v) is 5.28. The molecule has 0 spiro atoms. The van der Waals surface area contributed by atoms with Crippen molar-refractivity contribution < 1.29 is 9.53 Å². The fraction of sp³-hybridized carbons (Fsp3) is 0.368. The Kier molecular flexibility index (Phi) is 4.98. The average Bonchev–Trinajstić information content (AvgIpc) is 3.37. The van der Waals surface area contributed by atoms with Crippen LogP contribution in [0.15, 0.2) is 35.4 Å². The molecule has 0 amide bonds. The highest BCUT2D eigenvalue weighted by molar-refractivity contribution is 7.98. The number of fused-ring (bicyclic) bond motifs is 1. The van der Waals surface area contributed by atoms with Crippen LogP contribution < -0.4 is 4.90 Å². The number of hydrogen-bond donors (Lipinski definition) is 0. The summed E-state index contributed by atoms with van der Waals surface area (Å²) in [6, 6.07) is 9.85. The number of nitrogens with zero attached hydrogens (tertiary/aromatic N) is 5. The van der Waals surface area contributed by atoms with Gasteiger partial charge in [-0.15, -0.1) is 22.0 Å². The Morgan fingerprint density at radius 3 is 2.59 bits per heavy atom. The molecule has 7 nitrogen and oxygen atoms in total. The SMILES string of the molecule is CCOC(=O)c1c(SC)nc(N2CCCC2)n2c(-c3ccccc3)nnc12. The molecule has 0 saturated carbocycles. The van der Waals surface area contributed by atoms with Gasteiger partial charge in [-0.25, -0.2) is 14.2 Å². The van der Waals surface area contributed by atoms with Crippen LogP contribution in [0.25, 0.3) is 17.0 Å². The normalized spacial score (nSPS) is 14.1. The second-order valence-electron chi connectivity index (χ2n) is 6.26. The van der Waals surface area contributed by atoms with Crippen LogP contribution >= 0.6 is 11.8 Å². The lowest BCUT2D eigenvalue weighted by molar-refractivity contribution is 0.0523. The van der Waals surface area contributed by atoms with Gasteiger partial charge in [0.25, 0.3) is 0 Å². The van der Waals surface area contributed by atoms with Crippen LogP contribution in [0.4, 0.5) is 5.95 Å². The van der Waals surface area contributed by atoms with Crippen molar-refractivity contribution in [2.75, 3.05) is 30.9 Å². The van der Waals surface area contributed by atoms with Gasteiger partial charge in [0.15, 0.2) is 11.5 Å². The molecule has 8 heteroatoms. The van der Waals surface area contributed by atoms with Crippen LogP contribution in [-0.4, -0.2) is 51.5 Å². The molecule has 3 aromatic rings. The molecule has 2 aromatic heterocycles. The molecule has 0 atom stereocenters. The number of ether oxygens (including phenoxy) is 1. The number of esters is 1. The van der Waals surface area contributed by atoms with E-state index in [4.69, 9.17) is 9.72 Å². The highest BCUT2D eigenvalue weighted by Gasteiger charge is 2.28. The molecule has 27 heavy (non-hydrogen) atoms. The molecule has 0 aliphatic carbocycles. The van der Waals surface area contributed by atoms with Gasteiger partial charge in [-0.1, -0.05) is 30.3 Å². The molecule has 3 heterocycles. The standard InChI is InChI=1S/C19H21N5O2S/c1-3-26-18(25)14-16-22-21-15(13-9-5-4-6-10-13)24(16)19(20-17(14)27-2)23-11-7-8-12-23/h4-6,9-10H,3,7-8,11-12H2,1-2H3. The Hall–Kier alpha value is -2.61. The quantitative estimate of drug-likeness (QED) is 0.380. The minimum atomic E-state index is -0.417. The van der Waals surface area contributed by atoms with Gasteiger partial charge in [-0.05, 0) is 26.0 Å². The largest absolute Gasteiger partial charge is 0.462 e. The van der Waals surface area contributed by atoms with Crippen molar-refractivity contribution >= 4 is 29.3 Å². The zero-order chi connectivity index (χ0) is 18.8. The minimum absolute atomic E-state index is 0.298. The van der Waals surface area contributed by atoms with Gasteiger partial charge >= 0.3 is 5.97 Å². The Bertz CT molecular complexity index is 967. The fourth-order valence-corrected chi connectivity index (χ4v) is 3.91. The van der Waals surface area contributed by atoms with Gasteiger partial charge in [0, 0.05) is 18.7 Å². The number of anilines is 1. The topological polar surface area (TPSA) is 72.6 Å². The van der Waals surface area contributed by atoms with Crippen LogP contribution in [0, 0.1) is 0 Å². The van der Waals surface area contributed by atoms with Crippen molar-refractivity contribution in [3.63, 3.8) is 0 Å². The van der Waals surface area contributed by atoms with E-state index >= 15 is 0 Å². The molecule has 1 fully saturated rings. The van der Waals surface area contributed by atoms with Gasteiger partial charge in [0.05, 0.1) is 6.61 Å². The first-order valence-electron chi connectivity index (χ1n) is 9.05. The van der Waals surface area contributed by atoms with Crippen molar-refractivity contribution in [1.82, 2.24) is 19.6 Å². The van der Waals surface area contributed by atoms with Crippen LogP contribution in [0.2, 0.25) is 0 Å². The summed E-state index contributed by atoms with van der Waals surface area (Å²) >= 11 is 1.42. The van der Waals surface area contributed by atoms with Crippen molar-refractivity contribution in [2.45, 2.75) is 24.8 Å². The van der Waals surface area contributed by atoms with E-state index in [1.165, 1.54) is 11.8 Å². The van der Waals surface area contributed by atoms with Crippen LogP contribution in [0.5, 0.6) is 0 Å². The van der Waals surface area contributed by atoms with Crippen molar-refractivity contribution in [2.24, 2.45) is 0 Å². The summed E-state index contributed by atoms with van der Waals surface area (Å²) in [5.74, 6) is 1.04. The van der Waals surface area contributed by atoms with Gasteiger partial charge in [-0.2, -0.15) is 0 Å². The number of carbonyl (C=O) groups is 1. The number of rotatable bonds is 5. The van der Waals surface area contributed by atoms with E-state index in [0.29, 0.717) is 28.7 Å². The number of aromatic nitrogens is 4. The Morgan fingerprint density at radius 2 is 1.93 bits per heavy atom. The molecule has 1 aromatic carbocycles. The fourth-order valence-electron chi connectivity index (χ4n) is 3.36. The number of carbonyl (C=O) groups excluding carboxylic acids is 1. The van der Waals surface area contributed by atoms with E-state index in [0.717, 1.165) is 37.4 Å². The molecule has 140 valence electrons. The predicted molar refractivity (Wildman–Crippen MR) is 105 cm³/mol. The molecule has 0 N–H and O–H groups in total. The lowest BCUT2D eigenvalue weighted by atomic mass is 10.2. The van der Waals surface area contributed by atoms with E-state index in [2.05, 4.69) is 15.1 Å². The highest BCUT2D eigenvalue weighted by atomic mass is 32.2. The first kappa shape index (κ1) is 17.8. The molecule has 1 aliphatic rings. The van der Waals surface area contributed by atoms with Gasteiger partial charge < -0.3 is 9.64 Å². The van der Waals surface area contributed by atoms with E-state index in [1.54, 1.807) is 6.92 Å². The minimum Gasteiger partial charge on any atom is -0.462 e. The molecular formula is C19H21N5O2S. The summed E-state index contributed by atoms with van der Waals surface area (Å²) in [4.78, 5) is 19.7. The third kappa shape index (κ3) is 3.14. The predicted octanol–water partition coefficient (Wildman–Crippen LogP) is 3.29. The van der Waals surface area contributed by atoms with E-state index in [-0.39, 0.29) is 0 Å². The Morgan fingerprint density at radius 1 is 1.19 bits per heavy atom. The second-order valence-corrected chi connectivity index (χ2v) is 7.05. The van der Waals surface area contributed by atoms with Crippen LogP contribution in [0.3, 0.4) is 0 Å². The van der Waals surface area contributed by atoms with E-state index in [9.17, 15) is 4.79 Å². The summed E-state index contributed by atoms with van der Waals surface area (Å²) in [6.45, 7) is 3.95. The Balaban J connectivity index is 2.01. The summed E-state index contributed by atoms with van der Waals surface area (Å²) < 4.78 is 7.17. The molecule has 0 radical (unpaired) electrons. The molecule has 1 aliphatic heterocycles. The first-order valence-corrected chi connectivity index (χ1v) is 10.3. The lowest BCUT2D eigenvalue weighted by Crippen LogP contribution is -2.24. The summed E-state index contributed by atoms with van der Waals surface area (Å²) in [7, 11) is 0. The summed E-state index contributed by atoms with van der Waals surface area (Å²) in [5, 5.41) is 9.40. The summed E-state index contributed by atoms with van der Waals surface area (Å²) in [6.07, 6.45) is 4.16. The number of hydrogen-bond acceptors (Lipinski definition) is 7. The van der Waals surface area contributed by atoms with E-state index in [1.807, 2.05) is 41.0 Å². The molecule has 4 rings (SSSR count). The number of thioether (sulfide) groups is 1. The lowest BCUT2D eigenvalue weighted by Gasteiger charge is -2.20. The zero-order valence-corrected chi connectivity index (χ0v) is 16.2. The first-order chi connectivity index (χ1) is 13.2. The van der Waals surface area contributed by atoms with Crippen LogP contribution in [0.1, 0.15) is 30.1 Å². The highest BCUT2D eigenvalue weighted by Crippen LogP contribution is 2.32. The Labute approximate surface area is 161 Å². The molecular weight excluding hydrogens is 362 g/mol. The number of benzene rings is 1. The maximum Gasteiger partial charge on any atom is 0.344 e. The summed E-state index contributed by atoms with van der Waals surface area (Å²) in [5.41, 5.74) is 1.80. The third-order valence-electron chi connectivity index (χ3n) is 4.60. The second kappa shape index (κ2) is 7.56. The van der Waals surface area contributed by atoms with Crippen molar-refractivity contribution in [3.05, 3.63) is 35.9 Å². The molecule has 0 bridgehead atoms. The maximum absolute atomic E-state index is 12.6. The van der Waals surface area contributed by atoms with E-state index < -0.39 is 5.97 Å². The van der Waals surface area contributed by atoms with Crippen LogP contribution in [-0.2, 0) is 4.74 Å². The zero-order valence-electron chi connectivity index (χ0n) is 15.4. The monoisotopic (exact) mass is 383 g/mol. The van der Waals surface area contributed by atoms with Crippen molar-refractivity contribution in [3.8, 4) is 11.4 Å². The maximum atomic E-state index is 12.6. The van der Waals surface area contributed by atoms with Crippen molar-refractivity contribution in [1.29, 1.82) is 0 Å². The molecule has 0 unspecified atom stereocenters. The smallest absolute Gasteiger partial charge is 0.344 e. The average molecular weight is 383 g/mol. The van der Waals surface area contributed by atoms with Gasteiger partial charge in [-0.3, -0.25) is 0 Å². The van der Waals surface area contributed by atoms with Gasteiger partial charge in [0.2, 0.25) is 5.95 Å². The molecule has 1 saturated heterocycles. The van der Waals surface area contributed by atoms with Gasteiger partial charge in [0.1, 0.15) is 10.6 Å².